The van der Waals surface area contributed by atoms with Crippen molar-refractivity contribution in [2.24, 2.45) is 0 Å². The van der Waals surface area contributed by atoms with Gasteiger partial charge in [0, 0.05) is 122 Å². The highest BCUT2D eigenvalue weighted by molar-refractivity contribution is 8.03. The van der Waals surface area contributed by atoms with Gasteiger partial charge in [-0.05, 0) is 194 Å². The lowest BCUT2D eigenvalue weighted by Crippen LogP contribution is -1.92. The molecule has 0 aliphatic carbocycles. The lowest BCUT2D eigenvalue weighted by atomic mass is 10.1. The third-order valence-electron chi connectivity index (χ3n) is 20.8. The van der Waals surface area contributed by atoms with Crippen LogP contribution in [-0.2, 0) is 0 Å². The predicted molar refractivity (Wildman–Crippen MR) is 505 cm³/mol. The van der Waals surface area contributed by atoms with Crippen molar-refractivity contribution in [2.45, 2.75) is 78.3 Å². The van der Waals surface area contributed by atoms with Gasteiger partial charge in [-0.15, -0.1) is 0 Å². The molecule has 0 spiro atoms. The molecule has 17 rings (SSSR count). The number of aromatic amines is 2. The number of nitrogens with one attached hydrogen (secondary N) is 2. The van der Waals surface area contributed by atoms with Crippen molar-refractivity contribution in [1.29, 1.82) is 0 Å². The van der Waals surface area contributed by atoms with Gasteiger partial charge in [0.05, 0.1) is 114 Å². The molecule has 15 aromatic rings. The average molecular weight is 1860 g/mol. The fraction of sp³-hybridized carbons (Fsp3) is 0.167. The van der Waals surface area contributed by atoms with Gasteiger partial charge in [-0.3, -0.25) is 0 Å². The van der Waals surface area contributed by atoms with Crippen LogP contribution in [0.15, 0.2) is 272 Å². The van der Waals surface area contributed by atoms with E-state index >= 15 is 0 Å². The molecule has 32 heteroatoms. The molecule has 2 N–H and O–H groups in total. The molecule has 128 heavy (non-hydrogen) atoms. The molecule has 5 heterocycles. The molecule has 0 unspecified atom stereocenters. The van der Waals surface area contributed by atoms with Crippen molar-refractivity contribution in [2.75, 3.05) is 114 Å². The summed E-state index contributed by atoms with van der Waals surface area (Å²) in [4.78, 5) is 55.9. The zero-order chi connectivity index (χ0) is 89.0. The van der Waals surface area contributed by atoms with E-state index in [1.165, 1.54) is 0 Å². The van der Waals surface area contributed by atoms with Gasteiger partial charge in [-0.2, -0.15) is 0 Å². The Morgan fingerprint density at radius 1 is 0.164 bits per heavy atom. The molecule has 2 aliphatic heterocycles. The Labute approximate surface area is 771 Å². The SMILES string of the molecule is COc1ccc(Sc2cc3c(cc2Sc2ccc(OC)c(OC)c2)-c2nc-3nc3[nH]c(nc4nc(nc5[nH]c(n2)c2cc(Sc6ccc(OC)c(OC)c6)c(Sc6ccc(OC)c(OC)c6)cc52)-c2cc(Sc5ccc(OC)c(OC)c5)c(Sc5ccc(OC)c(OC)c5)cc2-4)c2cc(Sc4ccc(OC)c(OC)c4)c(Sc4ccc(OC)c(OC)c4)cc32)cc1OC. The summed E-state index contributed by atoms with van der Waals surface area (Å²) < 4.78 is 93.8. The number of H-pyrrole nitrogens is 2. The predicted octanol–water partition coefficient (Wildman–Crippen LogP) is 24.2. The van der Waals surface area contributed by atoms with Gasteiger partial charge >= 0.3 is 0 Å². The van der Waals surface area contributed by atoms with E-state index < -0.39 is 0 Å². The van der Waals surface area contributed by atoms with Crippen LogP contribution in [0, 0.1) is 0 Å². The minimum absolute atomic E-state index is 0.338. The van der Waals surface area contributed by atoms with E-state index in [1.54, 1.807) is 208 Å². The van der Waals surface area contributed by atoms with Gasteiger partial charge in [-0.1, -0.05) is 94.1 Å². The van der Waals surface area contributed by atoms with Gasteiger partial charge in [0.2, 0.25) is 0 Å². The molecule has 0 saturated heterocycles. The smallest absolute Gasteiger partial charge is 0.164 e. The first kappa shape index (κ1) is 87.7. The fourth-order valence-electron chi connectivity index (χ4n) is 14.5. The van der Waals surface area contributed by atoms with E-state index in [0.717, 1.165) is 78.3 Å². The number of nitrogens with zero attached hydrogens (tertiary/aromatic N) is 6. The normalized spacial score (nSPS) is 11.4. The second kappa shape index (κ2) is 38.7. The van der Waals surface area contributed by atoms with E-state index in [1.807, 2.05) is 146 Å². The number of aromatic nitrogens is 8. The second-order valence-electron chi connectivity index (χ2n) is 27.9. The zero-order valence-corrected chi connectivity index (χ0v) is 78.5. The standard InChI is InChI=1S/C96H82N8O16S8/c1-105-65-25-17-49(33-73(65)113-9)121-81-41-57-58(42-82(81)122-50-18-26-66(106-2)74(34-50)114-10)90-97-89(57)101-91-59-43-83(123-51-19-27-67(107-3)75(35-51)115-11)84(124-52-20-28-68(108-4)76(36-52)116-12)44-60(59)93(98-91)103-95-63-47-87(127-55-23-31-71(111-7)79(39-55)119-15)88(128-56-24-32-72(112-8)80(40-56)120-16)48-64(63)96(100-95)104-94-62-46-86(126-54-22-30-70(110-6)78(38-54)118-14)85(45-61(62)92(99-94)102-90)125-53-21-29-69(109-5)77(37-53)117-13/h17-48H,1-16H3,(H2,97,98,99,100,101,102,103,104). The Balaban J connectivity index is 1.01. The Morgan fingerprint density at radius 3 is 0.445 bits per heavy atom. The molecular formula is C96H82N8O16S8. The first-order valence-electron chi connectivity index (χ1n) is 39.3. The van der Waals surface area contributed by atoms with Crippen LogP contribution >= 0.6 is 94.1 Å². The summed E-state index contributed by atoms with van der Waals surface area (Å²) in [5.74, 6) is 10.5. The van der Waals surface area contributed by atoms with Gasteiger partial charge in [-0.25, -0.2) is 29.9 Å². The van der Waals surface area contributed by atoms with Crippen molar-refractivity contribution in [3.63, 3.8) is 0 Å². The molecule has 0 radical (unpaired) electrons. The first-order valence-corrected chi connectivity index (χ1v) is 45.8. The van der Waals surface area contributed by atoms with Gasteiger partial charge in [0.15, 0.2) is 115 Å². The lowest BCUT2D eigenvalue weighted by Gasteiger charge is -2.15. The van der Waals surface area contributed by atoms with Crippen molar-refractivity contribution >= 4 is 138 Å². The van der Waals surface area contributed by atoms with Crippen molar-refractivity contribution in [3.05, 3.63) is 194 Å². The van der Waals surface area contributed by atoms with Crippen LogP contribution in [0.4, 0.5) is 0 Å². The maximum absolute atomic E-state index is 5.94. The molecule has 8 bridgehead atoms. The second-order valence-corrected chi connectivity index (χ2v) is 36.9. The van der Waals surface area contributed by atoms with Gasteiger partial charge < -0.3 is 85.8 Å². The molecule has 2 aliphatic rings. The molecule has 0 amide bonds. The van der Waals surface area contributed by atoms with Crippen LogP contribution in [0.2, 0.25) is 0 Å². The summed E-state index contributed by atoms with van der Waals surface area (Å²) in [5.41, 5.74) is 4.38. The first-order chi connectivity index (χ1) is 62.5. The molecular weight excluding hydrogens is 1780 g/mol. The quantitative estimate of drug-likeness (QED) is 0.0397. The third kappa shape index (κ3) is 17.9. The van der Waals surface area contributed by atoms with Crippen LogP contribution < -0.4 is 75.8 Å². The summed E-state index contributed by atoms with van der Waals surface area (Å²) in [6.07, 6.45) is 0. The Bertz CT molecular complexity index is 6210. The van der Waals surface area contributed by atoms with Crippen LogP contribution in [0.3, 0.4) is 0 Å². The minimum atomic E-state index is 0.338. The number of rotatable bonds is 32. The monoisotopic (exact) mass is 1860 g/mol. The highest BCUT2D eigenvalue weighted by Crippen LogP contribution is 2.54. The molecule has 24 nitrogen and oxygen atoms in total. The molecule has 12 aromatic carbocycles. The third-order valence-corrected chi connectivity index (χ3v) is 29.6. The average Bonchev–Trinajstić information content (AvgIpc) is 1.58. The number of hydrogen-bond acceptors (Lipinski definition) is 30. The molecule has 0 saturated carbocycles. The largest absolute Gasteiger partial charge is 0.493 e. The van der Waals surface area contributed by atoms with E-state index in [-0.39, 0.29) is 0 Å². The number of fused-ring (bicyclic) bond motifs is 20. The van der Waals surface area contributed by atoms with E-state index in [9.17, 15) is 0 Å². The summed E-state index contributed by atoms with van der Waals surface area (Å²) in [6.45, 7) is 0. The van der Waals surface area contributed by atoms with Crippen LogP contribution in [-0.4, -0.2) is 154 Å². The van der Waals surface area contributed by atoms with Crippen molar-refractivity contribution in [3.8, 4) is 138 Å². The number of benzene rings is 12. The van der Waals surface area contributed by atoms with Crippen molar-refractivity contribution in [1.82, 2.24) is 39.9 Å². The molecule has 0 fully saturated rings. The van der Waals surface area contributed by atoms with E-state index in [4.69, 9.17) is 106 Å². The number of hydrogen-bond donors (Lipinski definition) is 2. The van der Waals surface area contributed by atoms with Gasteiger partial charge in [0.1, 0.15) is 22.6 Å². The molecule has 0 atom stereocenters. The maximum Gasteiger partial charge on any atom is 0.164 e. The highest BCUT2D eigenvalue weighted by atomic mass is 32.2. The Hall–Kier alpha value is -12.4. The summed E-state index contributed by atoms with van der Waals surface area (Å²) in [7, 11) is 26.0. The maximum atomic E-state index is 5.94. The minimum Gasteiger partial charge on any atom is -0.493 e. The van der Waals surface area contributed by atoms with E-state index in [2.05, 4.69) is 58.5 Å². The molecule has 3 aromatic heterocycles. The summed E-state index contributed by atoms with van der Waals surface area (Å²) in [6, 6.07) is 64.0. The lowest BCUT2D eigenvalue weighted by molar-refractivity contribution is 0.354. The fourth-order valence-corrected chi connectivity index (χ4v) is 22.6. The summed E-state index contributed by atoms with van der Waals surface area (Å²) in [5, 5.41) is 2.79. The van der Waals surface area contributed by atoms with Gasteiger partial charge in [0.25, 0.3) is 0 Å². The van der Waals surface area contributed by atoms with Crippen LogP contribution in [0.5, 0.6) is 92.0 Å². The number of methoxy groups -OCH3 is 16. The van der Waals surface area contributed by atoms with Crippen LogP contribution in [0.25, 0.3) is 89.7 Å². The Kier molecular flexibility index (Phi) is 26.5. The molecule has 650 valence electrons. The zero-order valence-electron chi connectivity index (χ0n) is 72.0. The van der Waals surface area contributed by atoms with Crippen molar-refractivity contribution < 1.29 is 75.8 Å². The summed E-state index contributed by atoms with van der Waals surface area (Å²) >= 11 is 12.4. The van der Waals surface area contributed by atoms with Crippen LogP contribution in [0.1, 0.15) is 0 Å². The highest BCUT2D eigenvalue weighted by Gasteiger charge is 2.30. The Morgan fingerprint density at radius 2 is 0.305 bits per heavy atom. The topological polar surface area (TPSA) is 257 Å². The van der Waals surface area contributed by atoms with E-state index in [0.29, 0.717) is 182 Å². The number of ether oxygens (including phenoxy) is 16.